The predicted octanol–water partition coefficient (Wildman–Crippen LogP) is 2.84. The van der Waals surface area contributed by atoms with E-state index in [0.29, 0.717) is 23.1 Å². The second kappa shape index (κ2) is 4.16. The van der Waals surface area contributed by atoms with E-state index in [-0.39, 0.29) is 17.7 Å². The summed E-state index contributed by atoms with van der Waals surface area (Å²) >= 11 is 0. The van der Waals surface area contributed by atoms with Crippen LogP contribution in [-0.2, 0) is 0 Å². The molecule has 106 valence electrons. The van der Waals surface area contributed by atoms with Crippen LogP contribution >= 0.6 is 0 Å². The van der Waals surface area contributed by atoms with Crippen LogP contribution in [0.5, 0.6) is 5.75 Å². The Morgan fingerprint density at radius 2 is 2.15 bits per heavy atom. The molecule has 0 spiro atoms. The van der Waals surface area contributed by atoms with Gasteiger partial charge in [0.2, 0.25) is 0 Å². The van der Waals surface area contributed by atoms with E-state index < -0.39 is 6.36 Å². The Kier molecular flexibility index (Phi) is 2.67. The molecule has 1 aliphatic heterocycles. The molecule has 0 fully saturated rings. The Balaban J connectivity index is 2.26. The van der Waals surface area contributed by atoms with E-state index in [1.54, 1.807) is 16.7 Å². The van der Waals surface area contributed by atoms with Crippen LogP contribution in [0.25, 0.3) is 10.9 Å². The van der Waals surface area contributed by atoms with Crippen molar-refractivity contribution in [2.75, 3.05) is 6.54 Å². The van der Waals surface area contributed by atoms with Crippen molar-refractivity contribution in [2.24, 2.45) is 0 Å². The van der Waals surface area contributed by atoms with Crippen molar-refractivity contribution in [2.45, 2.75) is 19.3 Å². The van der Waals surface area contributed by atoms with E-state index in [9.17, 15) is 18.0 Å². The molecule has 1 aromatic carbocycles. The third-order valence-electron chi connectivity index (χ3n) is 3.28. The van der Waals surface area contributed by atoms with Crippen LogP contribution in [0.15, 0.2) is 24.3 Å². The minimum Gasteiger partial charge on any atom is -0.404 e. The summed E-state index contributed by atoms with van der Waals surface area (Å²) < 4.78 is 43.1. The van der Waals surface area contributed by atoms with Gasteiger partial charge in [-0.3, -0.25) is 4.79 Å². The molecule has 1 amide bonds. The molecule has 0 radical (unpaired) electrons. The van der Waals surface area contributed by atoms with E-state index in [0.717, 1.165) is 0 Å². The normalized spacial score (nSPS) is 18.8. The highest BCUT2D eigenvalue weighted by atomic mass is 19.4. The Labute approximate surface area is 112 Å². The molecule has 2 aromatic rings. The average Bonchev–Trinajstić information content (AvgIpc) is 2.74. The molecule has 1 N–H and O–H groups in total. The summed E-state index contributed by atoms with van der Waals surface area (Å²) in [5, 5.41) is 3.24. The van der Waals surface area contributed by atoms with Crippen molar-refractivity contribution in [3.8, 4) is 5.75 Å². The van der Waals surface area contributed by atoms with Gasteiger partial charge in [0.05, 0.1) is 5.52 Å². The Morgan fingerprint density at radius 1 is 1.40 bits per heavy atom. The van der Waals surface area contributed by atoms with Crippen molar-refractivity contribution >= 4 is 16.8 Å². The number of nitrogens with one attached hydrogen (secondary N) is 1. The van der Waals surface area contributed by atoms with Crippen molar-refractivity contribution in [1.29, 1.82) is 0 Å². The lowest BCUT2D eigenvalue weighted by atomic mass is 10.2. The number of hydrogen-bond donors (Lipinski definition) is 1. The highest BCUT2D eigenvalue weighted by molar-refractivity contribution is 6.01. The minimum absolute atomic E-state index is 0.141. The van der Waals surface area contributed by atoms with E-state index in [1.165, 1.54) is 12.1 Å². The van der Waals surface area contributed by atoms with Gasteiger partial charge < -0.3 is 14.6 Å². The van der Waals surface area contributed by atoms with Gasteiger partial charge in [-0.2, -0.15) is 0 Å². The van der Waals surface area contributed by atoms with Crippen LogP contribution in [0.2, 0.25) is 0 Å². The van der Waals surface area contributed by atoms with Crippen LogP contribution in [0.4, 0.5) is 13.2 Å². The second-order valence-corrected chi connectivity index (χ2v) is 4.70. The number of hydrogen-bond acceptors (Lipinski definition) is 2. The van der Waals surface area contributed by atoms with Gasteiger partial charge in [-0.15, -0.1) is 13.2 Å². The quantitative estimate of drug-likeness (QED) is 0.875. The number of benzene rings is 1. The van der Waals surface area contributed by atoms with Gasteiger partial charge >= 0.3 is 6.36 Å². The Morgan fingerprint density at radius 3 is 2.85 bits per heavy atom. The lowest BCUT2D eigenvalue weighted by Gasteiger charge is -2.24. The maximum Gasteiger partial charge on any atom is 0.573 e. The summed E-state index contributed by atoms with van der Waals surface area (Å²) in [4.78, 5) is 11.8. The third-order valence-corrected chi connectivity index (χ3v) is 3.28. The molecule has 0 aliphatic carbocycles. The number of rotatable bonds is 1. The number of alkyl halides is 3. The van der Waals surface area contributed by atoms with Crippen molar-refractivity contribution < 1.29 is 22.7 Å². The molecule has 1 atom stereocenters. The first kappa shape index (κ1) is 12.8. The molecule has 0 saturated heterocycles. The van der Waals surface area contributed by atoms with Crippen molar-refractivity contribution in [3.05, 3.63) is 30.0 Å². The summed E-state index contributed by atoms with van der Waals surface area (Å²) in [6.07, 6.45) is -4.76. The Bertz CT molecular complexity index is 691. The summed E-state index contributed by atoms with van der Waals surface area (Å²) in [6.45, 7) is 2.20. The van der Waals surface area contributed by atoms with Gasteiger partial charge in [0, 0.05) is 18.0 Å². The van der Waals surface area contributed by atoms with Crippen LogP contribution in [0.3, 0.4) is 0 Å². The Hall–Kier alpha value is -2.18. The fourth-order valence-corrected chi connectivity index (χ4v) is 2.51. The molecule has 3 rings (SSSR count). The highest BCUT2D eigenvalue weighted by Gasteiger charge is 2.33. The lowest BCUT2D eigenvalue weighted by Crippen LogP contribution is -2.37. The largest absolute Gasteiger partial charge is 0.573 e. The second-order valence-electron chi connectivity index (χ2n) is 4.70. The fourth-order valence-electron chi connectivity index (χ4n) is 2.51. The van der Waals surface area contributed by atoms with Crippen LogP contribution in [-0.4, -0.2) is 23.4 Å². The SMILES string of the molecule is C[C@@H]1CNC(=O)c2cc3cccc(OC(F)(F)F)c3n21. The molecular weight excluding hydrogens is 273 g/mol. The zero-order valence-electron chi connectivity index (χ0n) is 10.5. The number of halogens is 3. The number of aromatic nitrogens is 1. The number of ether oxygens (including phenoxy) is 1. The number of carbonyl (C=O) groups is 1. The molecule has 0 unspecified atom stereocenters. The molecule has 1 aromatic heterocycles. The minimum atomic E-state index is -4.76. The van der Waals surface area contributed by atoms with Gasteiger partial charge in [-0.25, -0.2) is 0 Å². The number of fused-ring (bicyclic) bond motifs is 3. The van der Waals surface area contributed by atoms with Gasteiger partial charge in [-0.05, 0) is 19.1 Å². The molecule has 1 aliphatic rings. The first-order valence-corrected chi connectivity index (χ1v) is 6.05. The number of nitrogens with zero attached hydrogens (tertiary/aromatic N) is 1. The summed E-state index contributed by atoms with van der Waals surface area (Å²) in [5.74, 6) is -0.583. The van der Waals surface area contributed by atoms with Gasteiger partial charge in [0.15, 0.2) is 5.75 Å². The molecule has 7 heteroatoms. The first-order chi connectivity index (χ1) is 9.37. The zero-order valence-corrected chi connectivity index (χ0v) is 10.5. The maximum absolute atomic E-state index is 12.5. The molecule has 2 heterocycles. The zero-order chi connectivity index (χ0) is 14.5. The van der Waals surface area contributed by atoms with E-state index in [1.807, 2.05) is 6.92 Å². The van der Waals surface area contributed by atoms with Gasteiger partial charge in [0.25, 0.3) is 5.91 Å². The van der Waals surface area contributed by atoms with E-state index >= 15 is 0 Å². The highest BCUT2D eigenvalue weighted by Crippen LogP contribution is 2.35. The molecule has 4 nitrogen and oxygen atoms in total. The smallest absolute Gasteiger partial charge is 0.404 e. The molecular formula is C13H11F3N2O2. The predicted molar refractivity (Wildman–Crippen MR) is 65.7 cm³/mol. The number of para-hydroxylation sites is 1. The summed E-state index contributed by atoms with van der Waals surface area (Å²) in [6, 6.07) is 5.81. The lowest BCUT2D eigenvalue weighted by molar-refractivity contribution is -0.274. The standard InChI is InChI=1S/C13H11F3N2O2/c1-7-6-17-12(19)9-5-8-3-2-4-10(11(8)18(7)9)20-13(14,15)16/h2-5,7H,6H2,1H3,(H,17,19)/t7-/m1/s1. The number of carbonyl (C=O) groups excluding carboxylic acids is 1. The molecule has 0 saturated carbocycles. The van der Waals surface area contributed by atoms with Crippen molar-refractivity contribution in [3.63, 3.8) is 0 Å². The monoisotopic (exact) mass is 284 g/mol. The van der Waals surface area contributed by atoms with Crippen LogP contribution in [0, 0.1) is 0 Å². The molecule has 0 bridgehead atoms. The van der Waals surface area contributed by atoms with Crippen molar-refractivity contribution in [1.82, 2.24) is 9.88 Å². The third kappa shape index (κ3) is 1.99. The average molecular weight is 284 g/mol. The van der Waals surface area contributed by atoms with Gasteiger partial charge in [-0.1, -0.05) is 12.1 Å². The number of amides is 1. The van der Waals surface area contributed by atoms with E-state index in [4.69, 9.17) is 0 Å². The maximum atomic E-state index is 12.5. The van der Waals surface area contributed by atoms with Crippen LogP contribution < -0.4 is 10.1 Å². The van der Waals surface area contributed by atoms with Crippen LogP contribution in [0.1, 0.15) is 23.5 Å². The topological polar surface area (TPSA) is 43.3 Å². The first-order valence-electron chi connectivity index (χ1n) is 6.05. The molecule has 20 heavy (non-hydrogen) atoms. The summed E-state index contributed by atoms with van der Waals surface area (Å²) in [7, 11) is 0. The fraction of sp³-hybridized carbons (Fsp3) is 0.308. The summed E-state index contributed by atoms with van der Waals surface area (Å²) in [5.41, 5.74) is 0.638. The van der Waals surface area contributed by atoms with Gasteiger partial charge in [0.1, 0.15) is 5.69 Å². The van der Waals surface area contributed by atoms with E-state index in [2.05, 4.69) is 10.1 Å².